The SMILES string of the molecule is CC(C)C(O)CCc1ccc(CO)cc1. The van der Waals surface area contributed by atoms with Crippen LogP contribution >= 0.6 is 0 Å². The summed E-state index contributed by atoms with van der Waals surface area (Å²) in [5, 5.41) is 18.5. The molecule has 0 bridgehead atoms. The summed E-state index contributed by atoms with van der Waals surface area (Å²) in [5.41, 5.74) is 2.15. The Morgan fingerprint density at radius 1 is 1.07 bits per heavy atom. The van der Waals surface area contributed by atoms with E-state index < -0.39 is 0 Å². The van der Waals surface area contributed by atoms with Crippen LogP contribution in [0.15, 0.2) is 24.3 Å². The van der Waals surface area contributed by atoms with Gasteiger partial charge in [-0.2, -0.15) is 0 Å². The smallest absolute Gasteiger partial charge is 0.0681 e. The maximum atomic E-state index is 9.65. The summed E-state index contributed by atoms with van der Waals surface area (Å²) in [5.74, 6) is 0.321. The molecule has 1 aromatic rings. The topological polar surface area (TPSA) is 40.5 Å². The van der Waals surface area contributed by atoms with Gasteiger partial charge in [0.2, 0.25) is 0 Å². The average molecular weight is 208 g/mol. The Bertz CT molecular complexity index is 277. The quantitative estimate of drug-likeness (QED) is 0.778. The van der Waals surface area contributed by atoms with Crippen LogP contribution in [-0.4, -0.2) is 16.3 Å². The zero-order valence-corrected chi connectivity index (χ0v) is 9.48. The summed E-state index contributed by atoms with van der Waals surface area (Å²) in [6.45, 7) is 4.15. The van der Waals surface area contributed by atoms with Crippen molar-refractivity contribution in [3.05, 3.63) is 35.4 Å². The summed E-state index contributed by atoms with van der Waals surface area (Å²) in [6, 6.07) is 7.88. The van der Waals surface area contributed by atoms with Gasteiger partial charge in [0.05, 0.1) is 12.7 Å². The lowest BCUT2D eigenvalue weighted by molar-refractivity contribution is 0.116. The predicted octanol–water partition coefficient (Wildman–Crippen LogP) is 2.13. The molecule has 0 aliphatic rings. The van der Waals surface area contributed by atoms with Crippen molar-refractivity contribution in [3.63, 3.8) is 0 Å². The minimum Gasteiger partial charge on any atom is -0.393 e. The van der Waals surface area contributed by atoms with Crippen molar-refractivity contribution in [1.82, 2.24) is 0 Å². The van der Waals surface area contributed by atoms with Crippen molar-refractivity contribution < 1.29 is 10.2 Å². The fourth-order valence-corrected chi connectivity index (χ4v) is 1.46. The van der Waals surface area contributed by atoms with Crippen molar-refractivity contribution >= 4 is 0 Å². The van der Waals surface area contributed by atoms with Crippen molar-refractivity contribution in [1.29, 1.82) is 0 Å². The van der Waals surface area contributed by atoms with Gasteiger partial charge in [-0.15, -0.1) is 0 Å². The first-order chi connectivity index (χ1) is 7.13. The molecule has 0 amide bonds. The summed E-state index contributed by atoms with van der Waals surface area (Å²) in [4.78, 5) is 0. The van der Waals surface area contributed by atoms with Gasteiger partial charge in [0.1, 0.15) is 0 Å². The molecule has 15 heavy (non-hydrogen) atoms. The normalized spacial score (nSPS) is 13.1. The standard InChI is InChI=1S/C13H20O2/c1-10(2)13(15)8-7-11-3-5-12(9-14)6-4-11/h3-6,10,13-15H,7-9H2,1-2H3. The summed E-state index contributed by atoms with van der Waals surface area (Å²) in [6.07, 6.45) is 1.48. The van der Waals surface area contributed by atoms with Crippen molar-refractivity contribution in [2.75, 3.05) is 0 Å². The molecule has 2 nitrogen and oxygen atoms in total. The fourth-order valence-electron chi connectivity index (χ4n) is 1.46. The van der Waals surface area contributed by atoms with Crippen LogP contribution in [0.2, 0.25) is 0 Å². The van der Waals surface area contributed by atoms with Crippen LogP contribution in [0.5, 0.6) is 0 Å². The number of hydrogen-bond acceptors (Lipinski definition) is 2. The number of aliphatic hydroxyl groups excluding tert-OH is 2. The molecule has 0 radical (unpaired) electrons. The highest BCUT2D eigenvalue weighted by molar-refractivity contribution is 5.22. The number of aliphatic hydroxyl groups is 2. The Hall–Kier alpha value is -0.860. The molecule has 0 saturated carbocycles. The minimum atomic E-state index is -0.220. The molecule has 2 heteroatoms. The molecule has 1 atom stereocenters. The zero-order chi connectivity index (χ0) is 11.3. The largest absolute Gasteiger partial charge is 0.393 e. The Balaban J connectivity index is 2.44. The molecular weight excluding hydrogens is 188 g/mol. The fraction of sp³-hybridized carbons (Fsp3) is 0.538. The van der Waals surface area contributed by atoms with E-state index in [-0.39, 0.29) is 12.7 Å². The maximum Gasteiger partial charge on any atom is 0.0681 e. The third-order valence-electron chi connectivity index (χ3n) is 2.70. The van der Waals surface area contributed by atoms with E-state index in [9.17, 15) is 5.11 Å². The second-order valence-electron chi connectivity index (χ2n) is 4.32. The van der Waals surface area contributed by atoms with E-state index in [1.807, 2.05) is 38.1 Å². The lowest BCUT2D eigenvalue weighted by atomic mass is 9.99. The molecule has 0 heterocycles. The van der Waals surface area contributed by atoms with Gasteiger partial charge >= 0.3 is 0 Å². The second kappa shape index (κ2) is 5.89. The van der Waals surface area contributed by atoms with Crippen LogP contribution in [-0.2, 0) is 13.0 Å². The molecule has 1 aromatic carbocycles. The first-order valence-corrected chi connectivity index (χ1v) is 5.50. The molecule has 2 N–H and O–H groups in total. The Labute approximate surface area is 91.6 Å². The molecule has 0 aliphatic carbocycles. The van der Waals surface area contributed by atoms with E-state index in [0.717, 1.165) is 18.4 Å². The highest BCUT2D eigenvalue weighted by Crippen LogP contribution is 2.12. The van der Waals surface area contributed by atoms with Crippen LogP contribution in [0.3, 0.4) is 0 Å². The van der Waals surface area contributed by atoms with Crippen molar-refractivity contribution in [3.8, 4) is 0 Å². The summed E-state index contributed by atoms with van der Waals surface area (Å²) >= 11 is 0. The molecule has 0 aliphatic heterocycles. The van der Waals surface area contributed by atoms with Crippen LogP contribution in [0.4, 0.5) is 0 Å². The lowest BCUT2D eigenvalue weighted by Crippen LogP contribution is -2.15. The van der Waals surface area contributed by atoms with Gasteiger partial charge in [-0.3, -0.25) is 0 Å². The molecule has 0 fully saturated rings. The Kier molecular flexibility index (Phi) is 4.79. The van der Waals surface area contributed by atoms with Gasteiger partial charge in [-0.25, -0.2) is 0 Å². The molecular formula is C13H20O2. The maximum absolute atomic E-state index is 9.65. The number of benzene rings is 1. The Morgan fingerprint density at radius 2 is 1.60 bits per heavy atom. The second-order valence-corrected chi connectivity index (χ2v) is 4.32. The molecule has 0 aromatic heterocycles. The van der Waals surface area contributed by atoms with E-state index in [0.29, 0.717) is 5.92 Å². The van der Waals surface area contributed by atoms with Gasteiger partial charge in [0.25, 0.3) is 0 Å². The van der Waals surface area contributed by atoms with E-state index >= 15 is 0 Å². The van der Waals surface area contributed by atoms with Crippen LogP contribution in [0, 0.1) is 5.92 Å². The molecule has 1 unspecified atom stereocenters. The van der Waals surface area contributed by atoms with Gasteiger partial charge < -0.3 is 10.2 Å². The van der Waals surface area contributed by atoms with Crippen molar-refractivity contribution in [2.24, 2.45) is 5.92 Å². The van der Waals surface area contributed by atoms with Gasteiger partial charge in [0, 0.05) is 0 Å². The minimum absolute atomic E-state index is 0.0922. The summed E-state index contributed by atoms with van der Waals surface area (Å²) in [7, 11) is 0. The lowest BCUT2D eigenvalue weighted by Gasteiger charge is -2.13. The highest BCUT2D eigenvalue weighted by atomic mass is 16.3. The number of rotatable bonds is 5. The molecule has 0 spiro atoms. The number of aryl methyl sites for hydroxylation is 1. The van der Waals surface area contributed by atoms with E-state index in [4.69, 9.17) is 5.11 Å². The molecule has 1 rings (SSSR count). The zero-order valence-electron chi connectivity index (χ0n) is 9.48. The van der Waals surface area contributed by atoms with Gasteiger partial charge in [-0.1, -0.05) is 38.1 Å². The third-order valence-corrected chi connectivity index (χ3v) is 2.70. The van der Waals surface area contributed by atoms with Crippen LogP contribution < -0.4 is 0 Å². The summed E-state index contributed by atoms with van der Waals surface area (Å²) < 4.78 is 0. The Morgan fingerprint density at radius 3 is 2.07 bits per heavy atom. The van der Waals surface area contributed by atoms with E-state index in [1.54, 1.807) is 0 Å². The molecule has 84 valence electrons. The van der Waals surface area contributed by atoms with E-state index in [1.165, 1.54) is 5.56 Å². The van der Waals surface area contributed by atoms with Gasteiger partial charge in [0.15, 0.2) is 0 Å². The highest BCUT2D eigenvalue weighted by Gasteiger charge is 2.08. The monoisotopic (exact) mass is 208 g/mol. The first-order valence-electron chi connectivity index (χ1n) is 5.50. The predicted molar refractivity (Wildman–Crippen MR) is 61.5 cm³/mol. The first kappa shape index (κ1) is 12.2. The molecule has 0 saturated heterocycles. The van der Waals surface area contributed by atoms with Gasteiger partial charge in [-0.05, 0) is 29.9 Å². The average Bonchev–Trinajstić information content (AvgIpc) is 2.26. The number of hydrogen-bond donors (Lipinski definition) is 2. The van der Waals surface area contributed by atoms with Crippen LogP contribution in [0.1, 0.15) is 31.4 Å². The van der Waals surface area contributed by atoms with E-state index in [2.05, 4.69) is 0 Å². The van der Waals surface area contributed by atoms with Crippen LogP contribution in [0.25, 0.3) is 0 Å². The van der Waals surface area contributed by atoms with Crippen molar-refractivity contribution in [2.45, 2.75) is 39.4 Å². The third kappa shape index (κ3) is 4.02.